The maximum Gasteiger partial charge on any atom is 0.265 e. The summed E-state index contributed by atoms with van der Waals surface area (Å²) in [5, 5.41) is 10.4. The fourth-order valence-electron chi connectivity index (χ4n) is 2.53. The highest BCUT2D eigenvalue weighted by Crippen LogP contribution is 2.21. The van der Waals surface area contributed by atoms with Crippen LogP contribution in [0.5, 0.6) is 0 Å². The lowest BCUT2D eigenvalue weighted by Crippen LogP contribution is -2.15. The minimum atomic E-state index is -3.73. The zero-order chi connectivity index (χ0) is 18.7. The lowest BCUT2D eigenvalue weighted by molar-refractivity contribution is 0.600. The van der Waals surface area contributed by atoms with E-state index in [1.807, 2.05) is 24.3 Å². The molecule has 3 aromatic rings. The smallest absolute Gasteiger partial charge is 0.265 e. The number of H-pyrrole nitrogens is 1. The zero-order valence-corrected chi connectivity index (χ0v) is 15.8. The number of nitrogens with one attached hydrogen (secondary N) is 3. The minimum absolute atomic E-state index is 0.151. The molecule has 0 bridgehead atoms. The van der Waals surface area contributed by atoms with Crippen molar-refractivity contribution < 1.29 is 8.42 Å². The van der Waals surface area contributed by atoms with Crippen LogP contribution in [-0.4, -0.2) is 23.6 Å². The van der Waals surface area contributed by atoms with Crippen molar-refractivity contribution in [2.75, 3.05) is 10.0 Å². The van der Waals surface area contributed by atoms with E-state index in [9.17, 15) is 8.42 Å². The third kappa shape index (κ3) is 3.97. The number of aryl methyl sites for hydroxylation is 2. The van der Waals surface area contributed by atoms with Gasteiger partial charge in [-0.1, -0.05) is 29.8 Å². The van der Waals surface area contributed by atoms with Gasteiger partial charge in [0.15, 0.2) is 0 Å². The number of aromatic nitrogens is 3. The number of aromatic amines is 1. The average molecular weight is 392 g/mol. The number of nitrogens with zero attached hydrogens (tertiary/aromatic N) is 2. The SMILES string of the molecule is Cc1n[nH]c(C)c1S(=O)(=O)Nc1ccc(NCc2ccccc2Cl)nc1. The molecule has 0 spiro atoms. The summed E-state index contributed by atoms with van der Waals surface area (Å²) >= 11 is 6.12. The molecule has 3 N–H and O–H groups in total. The van der Waals surface area contributed by atoms with Gasteiger partial charge in [-0.05, 0) is 37.6 Å². The fraction of sp³-hybridized carbons (Fsp3) is 0.176. The van der Waals surface area contributed by atoms with Crippen LogP contribution in [0.1, 0.15) is 17.0 Å². The molecular weight excluding hydrogens is 374 g/mol. The highest BCUT2D eigenvalue weighted by atomic mass is 35.5. The van der Waals surface area contributed by atoms with Gasteiger partial charge in [0.1, 0.15) is 10.7 Å². The molecule has 0 saturated carbocycles. The van der Waals surface area contributed by atoms with Crippen molar-refractivity contribution in [2.24, 2.45) is 0 Å². The van der Waals surface area contributed by atoms with E-state index in [4.69, 9.17) is 11.6 Å². The van der Waals surface area contributed by atoms with E-state index in [-0.39, 0.29) is 4.90 Å². The number of hydrogen-bond donors (Lipinski definition) is 3. The highest BCUT2D eigenvalue weighted by Gasteiger charge is 2.22. The Labute approximate surface area is 156 Å². The van der Waals surface area contributed by atoms with Crippen LogP contribution in [0, 0.1) is 13.8 Å². The largest absolute Gasteiger partial charge is 0.366 e. The first kappa shape index (κ1) is 18.2. The minimum Gasteiger partial charge on any atom is -0.366 e. The van der Waals surface area contributed by atoms with Gasteiger partial charge in [-0.15, -0.1) is 0 Å². The van der Waals surface area contributed by atoms with E-state index in [1.165, 1.54) is 6.20 Å². The van der Waals surface area contributed by atoms with Gasteiger partial charge < -0.3 is 5.32 Å². The quantitative estimate of drug-likeness (QED) is 0.597. The topological polar surface area (TPSA) is 99.8 Å². The van der Waals surface area contributed by atoms with Gasteiger partial charge in [0.25, 0.3) is 10.0 Å². The standard InChI is InChI=1S/C17H18ClN5O2S/c1-11-17(12(2)22-21-11)26(24,25)23-14-7-8-16(20-10-14)19-9-13-5-3-4-6-15(13)18/h3-8,10,23H,9H2,1-2H3,(H,19,20)(H,21,22). The van der Waals surface area contributed by atoms with Gasteiger partial charge in [0.05, 0.1) is 23.3 Å². The molecule has 2 heterocycles. The van der Waals surface area contributed by atoms with Crippen molar-refractivity contribution in [3.8, 4) is 0 Å². The number of hydrogen-bond acceptors (Lipinski definition) is 5. The first-order valence-electron chi connectivity index (χ1n) is 7.84. The van der Waals surface area contributed by atoms with Crippen LogP contribution in [0.4, 0.5) is 11.5 Å². The van der Waals surface area contributed by atoms with E-state index in [1.54, 1.807) is 26.0 Å². The van der Waals surface area contributed by atoms with Crippen LogP contribution < -0.4 is 10.0 Å². The number of sulfonamides is 1. The normalized spacial score (nSPS) is 11.3. The summed E-state index contributed by atoms with van der Waals surface area (Å²) in [4.78, 5) is 4.38. The van der Waals surface area contributed by atoms with Crippen LogP contribution >= 0.6 is 11.6 Å². The van der Waals surface area contributed by atoms with Crippen molar-refractivity contribution in [3.05, 3.63) is 64.6 Å². The molecule has 0 amide bonds. The number of rotatable bonds is 6. The molecule has 9 heteroatoms. The van der Waals surface area contributed by atoms with E-state index in [0.717, 1.165) is 5.56 Å². The molecular formula is C17H18ClN5O2S. The molecule has 0 unspecified atom stereocenters. The average Bonchev–Trinajstić information content (AvgIpc) is 2.94. The van der Waals surface area contributed by atoms with Crippen LogP contribution in [0.2, 0.25) is 5.02 Å². The number of anilines is 2. The number of halogens is 1. The van der Waals surface area contributed by atoms with Gasteiger partial charge in [-0.25, -0.2) is 13.4 Å². The Morgan fingerprint density at radius 1 is 1.15 bits per heavy atom. The molecule has 26 heavy (non-hydrogen) atoms. The molecule has 3 rings (SSSR count). The van der Waals surface area contributed by atoms with Crippen molar-refractivity contribution >= 4 is 33.1 Å². The van der Waals surface area contributed by atoms with E-state index in [2.05, 4.69) is 25.2 Å². The Kier molecular flexibility index (Phi) is 5.15. The fourth-order valence-corrected chi connectivity index (χ4v) is 4.15. The number of benzene rings is 1. The lowest BCUT2D eigenvalue weighted by atomic mass is 10.2. The summed E-state index contributed by atoms with van der Waals surface area (Å²) in [6.45, 7) is 3.82. The molecule has 136 valence electrons. The Hall–Kier alpha value is -2.58. The monoisotopic (exact) mass is 391 g/mol. The number of pyridine rings is 1. The molecule has 0 saturated heterocycles. The summed E-state index contributed by atoms with van der Waals surface area (Å²) in [7, 11) is -3.73. The van der Waals surface area contributed by atoms with Crippen molar-refractivity contribution in [2.45, 2.75) is 25.3 Å². The van der Waals surface area contributed by atoms with Crippen LogP contribution in [0.25, 0.3) is 0 Å². The second kappa shape index (κ2) is 7.35. The second-order valence-corrected chi connectivity index (χ2v) is 7.77. The Bertz CT molecular complexity index is 996. The molecule has 0 aliphatic rings. The summed E-state index contributed by atoms with van der Waals surface area (Å²) < 4.78 is 27.5. The predicted octanol–water partition coefficient (Wildman–Crippen LogP) is 3.49. The third-order valence-corrected chi connectivity index (χ3v) is 5.77. The van der Waals surface area contributed by atoms with Crippen molar-refractivity contribution in [1.82, 2.24) is 15.2 Å². The van der Waals surface area contributed by atoms with E-state index in [0.29, 0.717) is 34.5 Å². The van der Waals surface area contributed by atoms with Crippen LogP contribution in [0.15, 0.2) is 47.5 Å². The maximum absolute atomic E-state index is 12.5. The first-order valence-corrected chi connectivity index (χ1v) is 9.70. The maximum atomic E-state index is 12.5. The van der Waals surface area contributed by atoms with Crippen molar-refractivity contribution in [3.63, 3.8) is 0 Å². The molecule has 7 nitrogen and oxygen atoms in total. The Morgan fingerprint density at radius 2 is 1.92 bits per heavy atom. The highest BCUT2D eigenvalue weighted by molar-refractivity contribution is 7.92. The molecule has 0 aliphatic carbocycles. The lowest BCUT2D eigenvalue weighted by Gasteiger charge is -2.10. The Balaban J connectivity index is 1.69. The predicted molar refractivity (Wildman–Crippen MR) is 102 cm³/mol. The molecule has 1 aromatic carbocycles. The second-order valence-electron chi connectivity index (χ2n) is 5.75. The summed E-state index contributed by atoms with van der Waals surface area (Å²) in [5.74, 6) is 0.614. The summed E-state index contributed by atoms with van der Waals surface area (Å²) in [5.41, 5.74) is 2.22. The summed E-state index contributed by atoms with van der Waals surface area (Å²) in [6, 6.07) is 10.9. The first-order chi connectivity index (χ1) is 12.4. The van der Waals surface area contributed by atoms with Gasteiger partial charge in [-0.3, -0.25) is 9.82 Å². The van der Waals surface area contributed by atoms with Crippen molar-refractivity contribution in [1.29, 1.82) is 0 Å². The molecule has 0 atom stereocenters. The Morgan fingerprint density at radius 3 is 2.54 bits per heavy atom. The molecule has 2 aromatic heterocycles. The molecule has 0 aliphatic heterocycles. The van der Waals surface area contributed by atoms with E-state index >= 15 is 0 Å². The van der Waals surface area contributed by atoms with Crippen LogP contribution in [0.3, 0.4) is 0 Å². The molecule has 0 radical (unpaired) electrons. The van der Waals surface area contributed by atoms with Gasteiger partial charge in [0, 0.05) is 11.6 Å². The summed E-state index contributed by atoms with van der Waals surface area (Å²) in [6.07, 6.45) is 1.46. The van der Waals surface area contributed by atoms with E-state index < -0.39 is 10.0 Å². The molecule has 0 fully saturated rings. The third-order valence-electron chi connectivity index (χ3n) is 3.76. The zero-order valence-electron chi connectivity index (χ0n) is 14.2. The van der Waals surface area contributed by atoms with Crippen LogP contribution in [-0.2, 0) is 16.6 Å². The van der Waals surface area contributed by atoms with Gasteiger partial charge >= 0.3 is 0 Å². The van der Waals surface area contributed by atoms with Gasteiger partial charge in [0.2, 0.25) is 0 Å². The van der Waals surface area contributed by atoms with Gasteiger partial charge in [-0.2, -0.15) is 5.10 Å².